The first-order valence-corrected chi connectivity index (χ1v) is 12.1. The van der Waals surface area contributed by atoms with Gasteiger partial charge in [-0.25, -0.2) is 9.59 Å². The molecule has 2 aromatic rings. The average molecular weight is 544 g/mol. The van der Waals surface area contributed by atoms with Gasteiger partial charge in [-0.3, -0.25) is 9.59 Å². The van der Waals surface area contributed by atoms with Crippen molar-refractivity contribution in [1.29, 1.82) is 0 Å². The number of rotatable bonds is 7. The van der Waals surface area contributed by atoms with Crippen LogP contribution in [0.5, 0.6) is 17.2 Å². The second-order valence-corrected chi connectivity index (χ2v) is 8.92. The zero-order chi connectivity index (χ0) is 28.1. The second kappa shape index (κ2) is 11.9. The summed E-state index contributed by atoms with van der Waals surface area (Å²) in [5.41, 5.74) is 0.871. The van der Waals surface area contributed by atoms with Gasteiger partial charge in [0.05, 0.1) is 25.8 Å². The number of fused-ring (bicyclic) bond motifs is 1. The van der Waals surface area contributed by atoms with Crippen molar-refractivity contribution in [2.75, 3.05) is 21.0 Å². The Hall–Kier alpha value is -4.48. The lowest BCUT2D eigenvalue weighted by Crippen LogP contribution is -2.62. The van der Waals surface area contributed by atoms with Gasteiger partial charge >= 0.3 is 24.0 Å². The fraction of sp³-hybridized carbons (Fsp3) is 0.407. The third kappa shape index (κ3) is 6.16. The summed E-state index contributed by atoms with van der Waals surface area (Å²) in [4.78, 5) is 49.8. The smallest absolute Gasteiger partial charge is 0.407 e. The minimum atomic E-state index is -1.26. The number of nitrogens with one attached hydrogen (secondary N) is 1. The molecule has 1 saturated carbocycles. The van der Waals surface area contributed by atoms with Gasteiger partial charge in [-0.05, 0) is 36.2 Å². The first kappa shape index (κ1) is 27.6. The minimum absolute atomic E-state index is 0.00837. The van der Waals surface area contributed by atoms with Crippen molar-refractivity contribution in [2.45, 2.75) is 50.5 Å². The van der Waals surface area contributed by atoms with Crippen molar-refractivity contribution in [2.24, 2.45) is 0 Å². The van der Waals surface area contributed by atoms with Crippen LogP contribution in [-0.2, 0) is 28.5 Å². The van der Waals surface area contributed by atoms with Crippen LogP contribution >= 0.6 is 0 Å². The molecule has 39 heavy (non-hydrogen) atoms. The zero-order valence-electron chi connectivity index (χ0n) is 21.8. The summed E-state index contributed by atoms with van der Waals surface area (Å²) < 4.78 is 38.4. The van der Waals surface area contributed by atoms with Crippen LogP contribution in [0.2, 0.25) is 0 Å². The number of hydrogen-bond donors (Lipinski definition) is 1. The molecule has 1 N–H and O–H groups in total. The lowest BCUT2D eigenvalue weighted by Gasteiger charge is -2.45. The summed E-state index contributed by atoms with van der Waals surface area (Å²) in [7, 11) is 2.65. The number of hydrogen-bond acceptors (Lipinski definition) is 11. The second-order valence-electron chi connectivity index (χ2n) is 8.92. The van der Waals surface area contributed by atoms with E-state index in [-0.39, 0.29) is 18.8 Å². The number of carbonyl (C=O) groups excluding carboxylic acids is 4. The number of esters is 3. The highest BCUT2D eigenvalue weighted by atomic mass is 16.7. The zero-order valence-corrected chi connectivity index (χ0v) is 21.8. The highest BCUT2D eigenvalue weighted by Gasteiger charge is 2.52. The van der Waals surface area contributed by atoms with E-state index in [9.17, 15) is 19.2 Å². The van der Waals surface area contributed by atoms with E-state index < -0.39 is 54.3 Å². The van der Waals surface area contributed by atoms with Crippen LogP contribution in [0.4, 0.5) is 4.79 Å². The fourth-order valence-electron chi connectivity index (χ4n) is 4.82. The van der Waals surface area contributed by atoms with Gasteiger partial charge in [-0.2, -0.15) is 0 Å². The number of amides is 1. The van der Waals surface area contributed by atoms with Crippen LogP contribution < -0.4 is 19.5 Å². The van der Waals surface area contributed by atoms with Gasteiger partial charge in [0.2, 0.25) is 12.5 Å². The van der Waals surface area contributed by atoms with Crippen LogP contribution in [0.25, 0.3) is 0 Å². The number of methoxy groups -OCH3 is 2. The lowest BCUT2D eigenvalue weighted by atomic mass is 9.75. The Kier molecular flexibility index (Phi) is 8.43. The number of alkyl carbamates (subject to hydrolysis) is 1. The fourth-order valence-corrected chi connectivity index (χ4v) is 4.82. The third-order valence-electron chi connectivity index (χ3n) is 6.41. The Morgan fingerprint density at radius 1 is 0.897 bits per heavy atom. The molecule has 0 aromatic heterocycles. The molecule has 0 radical (unpaired) electrons. The van der Waals surface area contributed by atoms with Crippen molar-refractivity contribution in [3.8, 4) is 17.2 Å². The molecular formula is C27H29NO11. The Morgan fingerprint density at radius 2 is 1.59 bits per heavy atom. The lowest BCUT2D eigenvalue weighted by molar-refractivity contribution is -0.185. The molecule has 0 spiro atoms. The molecule has 5 atom stereocenters. The molecule has 0 unspecified atom stereocenters. The Morgan fingerprint density at radius 3 is 2.23 bits per heavy atom. The maximum absolute atomic E-state index is 13.1. The van der Waals surface area contributed by atoms with Crippen molar-refractivity contribution in [3.05, 3.63) is 53.6 Å². The van der Waals surface area contributed by atoms with Gasteiger partial charge in [-0.15, -0.1) is 0 Å². The number of benzene rings is 2. The number of ether oxygens (including phenoxy) is 7. The third-order valence-corrected chi connectivity index (χ3v) is 6.41. The molecule has 12 nitrogen and oxygen atoms in total. The Labute approximate surface area is 224 Å². The molecule has 0 saturated heterocycles. The van der Waals surface area contributed by atoms with Gasteiger partial charge in [0, 0.05) is 19.8 Å². The van der Waals surface area contributed by atoms with E-state index in [0.717, 1.165) is 0 Å². The SMILES string of the molecule is COC(=O)N[C@@H]1[C@@H](OC(C)=O)[C@@H](OC(C)=O)[C@H](OC(=O)c2ccccc2)C[C@H]1c1cc(OC)c2c(c1)OCO2. The summed E-state index contributed by atoms with van der Waals surface area (Å²) in [6.45, 7) is 2.35. The monoisotopic (exact) mass is 543 g/mol. The van der Waals surface area contributed by atoms with Gasteiger partial charge in [0.1, 0.15) is 6.10 Å². The van der Waals surface area contributed by atoms with E-state index in [2.05, 4.69) is 5.32 Å². The molecule has 4 rings (SSSR count). The molecule has 1 aliphatic carbocycles. The van der Waals surface area contributed by atoms with Gasteiger partial charge in [0.15, 0.2) is 23.7 Å². The van der Waals surface area contributed by atoms with E-state index in [1.807, 2.05) is 0 Å². The van der Waals surface area contributed by atoms with Crippen LogP contribution in [0.1, 0.15) is 42.1 Å². The van der Waals surface area contributed by atoms with E-state index >= 15 is 0 Å². The topological polar surface area (TPSA) is 145 Å². The summed E-state index contributed by atoms with van der Waals surface area (Å²) >= 11 is 0. The standard InChI is InChI=1S/C27H29NO11/c1-14(29)37-24-21(39-26(31)16-8-6-5-7-9-16)12-18(22(28-27(32)34-4)25(24)38-15(2)30)17-10-19(33-3)23-20(11-17)35-13-36-23/h5-11,18,21-22,24-25H,12-13H2,1-4H3,(H,28,32)/t18-,21+,22-,24-,25+/m0/s1. The van der Waals surface area contributed by atoms with Gasteiger partial charge < -0.3 is 38.5 Å². The molecule has 0 bridgehead atoms. The van der Waals surface area contributed by atoms with E-state index in [4.69, 9.17) is 33.2 Å². The summed E-state index contributed by atoms with van der Waals surface area (Å²) in [6.07, 6.45) is -4.31. The highest BCUT2D eigenvalue weighted by Crippen LogP contribution is 2.46. The number of carbonyl (C=O) groups is 4. The first-order chi connectivity index (χ1) is 18.7. The largest absolute Gasteiger partial charge is 0.493 e. The molecular weight excluding hydrogens is 514 g/mol. The molecule has 2 aliphatic rings. The van der Waals surface area contributed by atoms with Crippen LogP contribution in [0, 0.1) is 0 Å². The molecule has 2 aromatic carbocycles. The summed E-state index contributed by atoms with van der Waals surface area (Å²) in [6, 6.07) is 10.7. The molecule has 1 heterocycles. The molecule has 1 amide bonds. The van der Waals surface area contributed by atoms with Crippen molar-refractivity contribution in [3.63, 3.8) is 0 Å². The highest BCUT2D eigenvalue weighted by molar-refractivity contribution is 5.89. The van der Waals surface area contributed by atoms with Crippen LogP contribution in [-0.4, -0.2) is 69.4 Å². The Bertz CT molecular complexity index is 1230. The average Bonchev–Trinajstić information content (AvgIpc) is 3.40. The molecule has 1 fully saturated rings. The molecule has 12 heteroatoms. The normalized spacial score (nSPS) is 23.2. The van der Waals surface area contributed by atoms with E-state index in [0.29, 0.717) is 22.8 Å². The van der Waals surface area contributed by atoms with Gasteiger partial charge in [0.25, 0.3) is 0 Å². The molecule has 1 aliphatic heterocycles. The van der Waals surface area contributed by atoms with E-state index in [1.165, 1.54) is 28.1 Å². The van der Waals surface area contributed by atoms with Crippen molar-refractivity contribution in [1.82, 2.24) is 5.32 Å². The summed E-state index contributed by atoms with van der Waals surface area (Å²) in [5.74, 6) is -1.52. The first-order valence-electron chi connectivity index (χ1n) is 12.1. The van der Waals surface area contributed by atoms with Gasteiger partial charge in [-0.1, -0.05) is 18.2 Å². The van der Waals surface area contributed by atoms with E-state index in [1.54, 1.807) is 42.5 Å². The van der Waals surface area contributed by atoms with Crippen LogP contribution in [0.3, 0.4) is 0 Å². The quantitative estimate of drug-likeness (QED) is 0.406. The predicted octanol–water partition coefficient (Wildman–Crippen LogP) is 2.72. The minimum Gasteiger partial charge on any atom is -0.493 e. The van der Waals surface area contributed by atoms with Crippen molar-refractivity contribution >= 4 is 24.0 Å². The predicted molar refractivity (Wildman–Crippen MR) is 133 cm³/mol. The maximum Gasteiger partial charge on any atom is 0.407 e. The molecule has 208 valence electrons. The summed E-state index contributed by atoms with van der Waals surface area (Å²) in [5, 5.41) is 2.70. The van der Waals surface area contributed by atoms with Crippen LogP contribution in [0.15, 0.2) is 42.5 Å². The maximum atomic E-state index is 13.1. The van der Waals surface area contributed by atoms with Crippen molar-refractivity contribution < 1.29 is 52.3 Å². The Balaban J connectivity index is 1.81.